The van der Waals surface area contributed by atoms with E-state index in [4.69, 9.17) is 0 Å². The number of rotatable bonds is 5. The van der Waals surface area contributed by atoms with E-state index in [-0.39, 0.29) is 5.97 Å². The Balaban J connectivity index is 2.74. The van der Waals surface area contributed by atoms with E-state index in [2.05, 4.69) is 4.74 Å². The molecule has 1 aromatic carbocycles. The van der Waals surface area contributed by atoms with Crippen molar-refractivity contribution < 1.29 is 14.2 Å². The molecule has 0 unspecified atom stereocenters. The number of benzene rings is 1. The van der Waals surface area contributed by atoms with Crippen molar-refractivity contribution in [1.82, 2.24) is 4.90 Å². The minimum atomic E-state index is -0.347. The molecule has 0 heterocycles. The van der Waals surface area contributed by atoms with Crippen LogP contribution in [-0.4, -0.2) is 38.6 Å². The van der Waals surface area contributed by atoms with Gasteiger partial charge in [0.2, 0.25) is 0 Å². The first-order valence-electron chi connectivity index (χ1n) is 4.97. The molecule has 0 aliphatic heterocycles. The molecule has 0 amide bonds. The molecule has 1 aromatic rings. The van der Waals surface area contributed by atoms with Crippen LogP contribution in [0.1, 0.15) is 15.9 Å². The van der Waals surface area contributed by atoms with Gasteiger partial charge in [-0.05, 0) is 0 Å². The Morgan fingerprint density at radius 2 is 2.25 bits per heavy atom. The molecule has 4 nitrogen and oxygen atoms in total. The molecule has 0 bridgehead atoms. The molecule has 0 atom stereocenters. The summed E-state index contributed by atoms with van der Waals surface area (Å²) in [7, 11) is 4.05. The number of carbonyl (C=O) groups excluding carboxylic acids is 1. The molecule has 0 spiro atoms. The molecular weight excluding hydrogens is 205 g/mol. The number of carbonyl (C=O) groups is 1. The van der Waals surface area contributed by atoms with E-state index in [1.54, 1.807) is 18.2 Å². The second kappa shape index (κ2) is 6.17. The molecule has 16 heavy (non-hydrogen) atoms. The molecule has 0 radical (unpaired) electrons. The minimum absolute atomic E-state index is 0.347. The van der Waals surface area contributed by atoms with Gasteiger partial charge in [0.25, 0.3) is 0 Å². The van der Waals surface area contributed by atoms with Gasteiger partial charge in [0.05, 0.1) is 0 Å². The summed E-state index contributed by atoms with van der Waals surface area (Å²) in [5.41, 5.74) is 1.51. The van der Waals surface area contributed by atoms with Gasteiger partial charge in [0, 0.05) is 0 Å². The van der Waals surface area contributed by atoms with Gasteiger partial charge in [-0.15, -0.1) is 0 Å². The summed E-state index contributed by atoms with van der Waals surface area (Å²) >= 11 is 0. The molecule has 0 fully saturated rings. The van der Waals surface area contributed by atoms with Crippen LogP contribution in [0.25, 0.3) is 0 Å². The van der Waals surface area contributed by atoms with Crippen LogP contribution < -0.4 is 0 Å². The molecule has 1 rings (SSSR count). The zero-order valence-corrected chi connectivity index (χ0v) is 9.47. The third-order valence-corrected chi connectivity index (χ3v) is 2.19. The van der Waals surface area contributed by atoms with E-state index in [1.807, 2.05) is 18.0 Å². The fourth-order valence-electron chi connectivity index (χ4n) is 1.42. The first-order chi connectivity index (χ1) is 7.67. The van der Waals surface area contributed by atoms with Crippen LogP contribution in [0.5, 0.6) is 0 Å². The van der Waals surface area contributed by atoms with Gasteiger partial charge < -0.3 is 0 Å². The van der Waals surface area contributed by atoms with E-state index in [9.17, 15) is 9.50 Å². The number of esters is 1. The molecule has 0 saturated heterocycles. The monoisotopic (exact) mass is 219 g/mol. The van der Waals surface area contributed by atoms with E-state index in [0.717, 1.165) is 12.7 Å². The second-order valence-electron chi connectivity index (χ2n) is 3.56. The van der Waals surface area contributed by atoms with Gasteiger partial charge in [-0.25, -0.2) is 0 Å². The van der Waals surface area contributed by atoms with Crippen LogP contribution in [0, 0.1) is 0 Å². The Labute approximate surface area is 95.5 Å². The van der Waals surface area contributed by atoms with Crippen molar-refractivity contribution in [2.45, 2.75) is 6.54 Å². The van der Waals surface area contributed by atoms with E-state index in [0.29, 0.717) is 18.6 Å². The van der Waals surface area contributed by atoms with E-state index in [1.165, 1.54) is 7.11 Å². The molecular formula is C11H14BNO3. The Hall–Kier alpha value is -1.49. The summed E-state index contributed by atoms with van der Waals surface area (Å²) in [4.78, 5) is 13.1. The van der Waals surface area contributed by atoms with Gasteiger partial charge in [-0.3, -0.25) is 0 Å². The quantitative estimate of drug-likeness (QED) is 0.545. The summed E-state index contributed by atoms with van der Waals surface area (Å²) in [6.45, 7) is 0.629. The summed E-state index contributed by atoms with van der Waals surface area (Å²) in [5.74, 6) is -0.347. The summed E-state index contributed by atoms with van der Waals surface area (Å²) in [6, 6.07) is 7.19. The normalized spacial score (nSPS) is 9.94. The van der Waals surface area contributed by atoms with Crippen molar-refractivity contribution in [3.63, 3.8) is 0 Å². The Bertz CT molecular complexity index is 381. The van der Waals surface area contributed by atoms with E-state index < -0.39 is 0 Å². The van der Waals surface area contributed by atoms with Crippen LogP contribution in [0.2, 0.25) is 0 Å². The molecule has 0 saturated carbocycles. The Morgan fingerprint density at radius 1 is 1.50 bits per heavy atom. The number of hydrogen-bond donors (Lipinski definition) is 0. The maximum absolute atomic E-state index is 11.3. The van der Waals surface area contributed by atoms with Crippen LogP contribution in [0.15, 0.2) is 24.3 Å². The SMILES string of the molecule is COC(=O)c1cccc(CN(C)CB=O)c1. The van der Waals surface area contributed by atoms with Gasteiger partial charge in [-0.2, -0.15) is 0 Å². The van der Waals surface area contributed by atoms with Crippen LogP contribution in [-0.2, 0) is 16.0 Å². The standard InChI is InChI=1S/C11H14BNO3/c1-13(8-12-15)7-9-4-3-5-10(6-9)11(14)16-2/h3-6H,7-8H2,1-2H3. The fraction of sp³-hybridized carbons (Fsp3) is 0.364. The second-order valence-corrected chi connectivity index (χ2v) is 3.56. The molecule has 0 aromatic heterocycles. The van der Waals surface area contributed by atoms with Gasteiger partial charge in [0.1, 0.15) is 0 Å². The van der Waals surface area contributed by atoms with Crippen molar-refractivity contribution in [3.05, 3.63) is 35.4 Å². The molecule has 0 N–H and O–H groups in total. The number of methoxy groups -OCH3 is 1. The average Bonchev–Trinajstić information content (AvgIpc) is 2.28. The fourth-order valence-corrected chi connectivity index (χ4v) is 1.42. The van der Waals surface area contributed by atoms with Crippen LogP contribution >= 0.6 is 0 Å². The number of ether oxygens (including phenoxy) is 1. The van der Waals surface area contributed by atoms with Crippen molar-refractivity contribution in [2.24, 2.45) is 0 Å². The van der Waals surface area contributed by atoms with Gasteiger partial charge in [0.15, 0.2) is 0 Å². The maximum atomic E-state index is 11.3. The average molecular weight is 219 g/mol. The first kappa shape index (κ1) is 12.6. The van der Waals surface area contributed by atoms with Crippen LogP contribution in [0.4, 0.5) is 0 Å². The van der Waals surface area contributed by atoms with Crippen molar-refractivity contribution in [2.75, 3.05) is 20.6 Å². The number of hydrogen-bond acceptors (Lipinski definition) is 4. The topological polar surface area (TPSA) is 46.6 Å². The summed E-state index contributed by atoms with van der Waals surface area (Å²) in [5, 5.41) is 0. The summed E-state index contributed by atoms with van der Waals surface area (Å²) in [6.07, 6.45) is 0.377. The zero-order valence-electron chi connectivity index (χ0n) is 9.47. The first-order valence-corrected chi connectivity index (χ1v) is 4.97. The molecule has 0 aliphatic rings. The van der Waals surface area contributed by atoms with E-state index >= 15 is 0 Å². The van der Waals surface area contributed by atoms with Gasteiger partial charge >= 0.3 is 94.8 Å². The summed E-state index contributed by atoms with van der Waals surface area (Å²) < 4.78 is 14.9. The third-order valence-electron chi connectivity index (χ3n) is 2.19. The van der Waals surface area contributed by atoms with Crippen molar-refractivity contribution in [1.29, 1.82) is 0 Å². The zero-order chi connectivity index (χ0) is 12.0. The predicted molar refractivity (Wildman–Crippen MR) is 60.6 cm³/mol. The molecule has 5 heteroatoms. The van der Waals surface area contributed by atoms with Gasteiger partial charge in [-0.1, -0.05) is 0 Å². The van der Waals surface area contributed by atoms with Crippen molar-refractivity contribution >= 4 is 13.1 Å². The van der Waals surface area contributed by atoms with Crippen molar-refractivity contribution in [3.8, 4) is 0 Å². The van der Waals surface area contributed by atoms with Crippen LogP contribution in [0.3, 0.4) is 0 Å². The predicted octanol–water partition coefficient (Wildman–Crippen LogP) is 0.912. The number of nitrogens with zero attached hydrogens (tertiary/aromatic N) is 1. The Kier molecular flexibility index (Phi) is 4.86. The Morgan fingerprint density at radius 3 is 2.88 bits per heavy atom. The third kappa shape index (κ3) is 3.58. The molecule has 84 valence electrons. The molecule has 0 aliphatic carbocycles.